The smallest absolute Gasteiger partial charge is 0.266 e. The van der Waals surface area contributed by atoms with E-state index in [2.05, 4.69) is 5.32 Å². The van der Waals surface area contributed by atoms with Crippen molar-refractivity contribution in [3.63, 3.8) is 0 Å². The van der Waals surface area contributed by atoms with Crippen LogP contribution >= 0.6 is 24.0 Å². The first-order chi connectivity index (χ1) is 15.0. The van der Waals surface area contributed by atoms with Crippen molar-refractivity contribution in [3.8, 4) is 11.5 Å². The summed E-state index contributed by atoms with van der Waals surface area (Å²) in [5.41, 5.74) is 1.32. The van der Waals surface area contributed by atoms with E-state index in [-0.39, 0.29) is 17.6 Å². The molecule has 1 aliphatic heterocycles. The van der Waals surface area contributed by atoms with Gasteiger partial charge in [0.1, 0.15) is 15.8 Å². The number of thioether (sulfide) groups is 1. The van der Waals surface area contributed by atoms with E-state index < -0.39 is 0 Å². The number of aromatic hydroxyl groups is 1. The number of nitrogens with zero attached hydrogens (tertiary/aromatic N) is 1. The molecule has 0 bridgehead atoms. The maximum absolute atomic E-state index is 12.7. The van der Waals surface area contributed by atoms with Gasteiger partial charge in [0, 0.05) is 13.0 Å². The lowest BCUT2D eigenvalue weighted by Gasteiger charge is -2.14. The Labute approximate surface area is 191 Å². The average Bonchev–Trinajstić information content (AvgIpc) is 3.03. The SMILES string of the molecule is COc1ccc(C=C2SC(=S)N(CCCCCC(=O)Nc3ccccc3O)C2=O)cc1. The Morgan fingerprint density at radius 1 is 1.16 bits per heavy atom. The molecule has 0 unspecified atom stereocenters. The first-order valence-corrected chi connectivity index (χ1v) is 11.2. The highest BCUT2D eigenvalue weighted by Gasteiger charge is 2.31. The van der Waals surface area contributed by atoms with Gasteiger partial charge in [0.05, 0.1) is 17.7 Å². The van der Waals surface area contributed by atoms with Crippen molar-refractivity contribution in [2.45, 2.75) is 25.7 Å². The number of carbonyl (C=O) groups is 2. The molecule has 31 heavy (non-hydrogen) atoms. The Balaban J connectivity index is 1.42. The van der Waals surface area contributed by atoms with Crippen molar-refractivity contribution >= 4 is 51.9 Å². The van der Waals surface area contributed by atoms with Crippen LogP contribution in [0.1, 0.15) is 31.2 Å². The number of methoxy groups -OCH3 is 1. The molecule has 162 valence electrons. The Bertz CT molecular complexity index is 989. The molecule has 2 amide bonds. The van der Waals surface area contributed by atoms with Crippen molar-refractivity contribution in [2.24, 2.45) is 0 Å². The molecule has 0 spiro atoms. The molecule has 0 radical (unpaired) electrons. The third-order valence-corrected chi connectivity index (χ3v) is 6.13. The van der Waals surface area contributed by atoms with Gasteiger partial charge in [-0.25, -0.2) is 0 Å². The van der Waals surface area contributed by atoms with E-state index in [1.165, 1.54) is 17.8 Å². The van der Waals surface area contributed by atoms with Gasteiger partial charge in [-0.2, -0.15) is 0 Å². The third kappa shape index (κ3) is 6.32. The number of benzene rings is 2. The fraction of sp³-hybridized carbons (Fsp3) is 0.261. The Morgan fingerprint density at radius 2 is 1.90 bits per heavy atom. The van der Waals surface area contributed by atoms with Crippen LogP contribution < -0.4 is 10.1 Å². The summed E-state index contributed by atoms with van der Waals surface area (Å²) in [4.78, 5) is 26.9. The zero-order valence-corrected chi connectivity index (χ0v) is 18.8. The Hall–Kier alpha value is -2.84. The lowest BCUT2D eigenvalue weighted by atomic mass is 10.1. The van der Waals surface area contributed by atoms with Gasteiger partial charge in [-0.15, -0.1) is 0 Å². The average molecular weight is 457 g/mol. The van der Waals surface area contributed by atoms with Gasteiger partial charge >= 0.3 is 0 Å². The van der Waals surface area contributed by atoms with Gasteiger partial charge in [-0.3, -0.25) is 14.5 Å². The highest BCUT2D eigenvalue weighted by molar-refractivity contribution is 8.26. The third-order valence-electron chi connectivity index (χ3n) is 4.75. The monoisotopic (exact) mass is 456 g/mol. The summed E-state index contributed by atoms with van der Waals surface area (Å²) in [6.07, 6.45) is 4.43. The van der Waals surface area contributed by atoms with Crippen LogP contribution in [0.15, 0.2) is 53.4 Å². The minimum absolute atomic E-state index is 0.0490. The largest absolute Gasteiger partial charge is 0.506 e. The number of hydrogen-bond acceptors (Lipinski definition) is 6. The second-order valence-electron chi connectivity index (χ2n) is 6.98. The summed E-state index contributed by atoms with van der Waals surface area (Å²) in [6, 6.07) is 14.1. The van der Waals surface area contributed by atoms with E-state index in [4.69, 9.17) is 17.0 Å². The van der Waals surface area contributed by atoms with Crippen molar-refractivity contribution in [3.05, 3.63) is 59.0 Å². The Morgan fingerprint density at radius 3 is 2.61 bits per heavy atom. The predicted molar refractivity (Wildman–Crippen MR) is 128 cm³/mol. The highest BCUT2D eigenvalue weighted by Crippen LogP contribution is 2.33. The normalized spacial score (nSPS) is 14.9. The van der Waals surface area contributed by atoms with Crippen LogP contribution in [0.25, 0.3) is 6.08 Å². The number of rotatable bonds is 9. The number of thiocarbonyl (C=S) groups is 1. The van der Waals surface area contributed by atoms with Gasteiger partial charge in [0.25, 0.3) is 5.91 Å². The maximum atomic E-state index is 12.7. The zero-order valence-electron chi connectivity index (χ0n) is 17.2. The molecule has 0 aromatic heterocycles. The summed E-state index contributed by atoms with van der Waals surface area (Å²) in [6.45, 7) is 0.533. The molecule has 1 saturated heterocycles. The molecule has 2 aromatic carbocycles. The summed E-state index contributed by atoms with van der Waals surface area (Å²) in [5, 5.41) is 12.4. The number of unbranched alkanes of at least 4 members (excludes halogenated alkanes) is 2. The minimum Gasteiger partial charge on any atom is -0.506 e. The molecule has 1 heterocycles. The van der Waals surface area contributed by atoms with Crippen molar-refractivity contribution < 1.29 is 19.4 Å². The van der Waals surface area contributed by atoms with Crippen LogP contribution in [0, 0.1) is 0 Å². The van der Waals surface area contributed by atoms with E-state index in [1.807, 2.05) is 30.3 Å². The second kappa shape index (κ2) is 11.0. The number of para-hydroxylation sites is 2. The van der Waals surface area contributed by atoms with Gasteiger partial charge in [0.15, 0.2) is 0 Å². The summed E-state index contributed by atoms with van der Waals surface area (Å²) in [7, 11) is 1.61. The molecule has 2 aromatic rings. The number of hydrogen-bond donors (Lipinski definition) is 2. The summed E-state index contributed by atoms with van der Waals surface area (Å²) in [5.74, 6) is 0.588. The van der Waals surface area contributed by atoms with Gasteiger partial charge in [-0.05, 0) is 48.7 Å². The molecule has 1 aliphatic rings. The standard InChI is InChI=1S/C23H24N2O4S2/c1-29-17-12-10-16(11-13-17)15-20-22(28)25(23(30)31-20)14-6-2-3-9-21(27)24-18-7-4-5-8-19(18)26/h4-5,7-8,10-13,15,26H,2-3,6,9,14H2,1H3,(H,24,27). The maximum Gasteiger partial charge on any atom is 0.266 e. The van der Waals surface area contributed by atoms with Crippen LogP contribution in [-0.2, 0) is 9.59 Å². The zero-order chi connectivity index (χ0) is 22.2. The van der Waals surface area contributed by atoms with Crippen LogP contribution in [0.5, 0.6) is 11.5 Å². The molecule has 3 rings (SSSR count). The van der Waals surface area contributed by atoms with Crippen LogP contribution in [0.2, 0.25) is 0 Å². The van der Waals surface area contributed by atoms with Crippen LogP contribution in [0.3, 0.4) is 0 Å². The topological polar surface area (TPSA) is 78.9 Å². The molecule has 1 fully saturated rings. The molecule has 0 aliphatic carbocycles. The number of phenolic OH excluding ortho intramolecular Hbond substituents is 1. The number of anilines is 1. The Kier molecular flexibility index (Phi) is 8.08. The van der Waals surface area contributed by atoms with Crippen LogP contribution in [0.4, 0.5) is 5.69 Å². The number of nitrogens with one attached hydrogen (secondary N) is 1. The molecule has 2 N–H and O–H groups in total. The molecule has 0 atom stereocenters. The van der Waals surface area contributed by atoms with E-state index in [0.717, 1.165) is 24.2 Å². The first kappa shape index (κ1) is 22.8. The van der Waals surface area contributed by atoms with Crippen molar-refractivity contribution in [1.82, 2.24) is 4.90 Å². The second-order valence-corrected chi connectivity index (χ2v) is 8.66. The number of phenols is 1. The molecular weight excluding hydrogens is 432 g/mol. The molecular formula is C23H24N2O4S2. The minimum atomic E-state index is -0.144. The van der Waals surface area contributed by atoms with Crippen molar-refractivity contribution in [2.75, 3.05) is 19.0 Å². The lowest BCUT2D eigenvalue weighted by Crippen LogP contribution is -2.29. The summed E-state index contributed by atoms with van der Waals surface area (Å²) < 4.78 is 5.71. The van der Waals surface area contributed by atoms with E-state index in [1.54, 1.807) is 30.2 Å². The van der Waals surface area contributed by atoms with Crippen LogP contribution in [-0.4, -0.2) is 39.8 Å². The number of carbonyl (C=O) groups excluding carboxylic acids is 2. The van der Waals surface area contributed by atoms with E-state index in [0.29, 0.717) is 34.3 Å². The molecule has 6 nitrogen and oxygen atoms in total. The van der Waals surface area contributed by atoms with E-state index in [9.17, 15) is 14.7 Å². The van der Waals surface area contributed by atoms with Gasteiger partial charge in [-0.1, -0.05) is 54.7 Å². The number of amides is 2. The highest BCUT2D eigenvalue weighted by atomic mass is 32.2. The summed E-state index contributed by atoms with van der Waals surface area (Å²) >= 11 is 6.68. The quantitative estimate of drug-likeness (QED) is 0.244. The molecule has 0 saturated carbocycles. The van der Waals surface area contributed by atoms with E-state index >= 15 is 0 Å². The van der Waals surface area contributed by atoms with Crippen molar-refractivity contribution in [1.29, 1.82) is 0 Å². The lowest BCUT2D eigenvalue weighted by molar-refractivity contribution is -0.122. The first-order valence-electron chi connectivity index (χ1n) is 9.95. The van der Waals surface area contributed by atoms with Gasteiger partial charge < -0.3 is 15.2 Å². The van der Waals surface area contributed by atoms with Gasteiger partial charge in [0.2, 0.25) is 5.91 Å². The fourth-order valence-electron chi connectivity index (χ4n) is 3.07. The fourth-order valence-corrected chi connectivity index (χ4v) is 4.38. The molecule has 8 heteroatoms. The predicted octanol–water partition coefficient (Wildman–Crippen LogP) is 4.80. The number of ether oxygens (including phenoxy) is 1.